The molecule has 0 bridgehead atoms. The molecule has 0 spiro atoms. The van der Waals surface area contributed by atoms with Crippen LogP contribution in [0.3, 0.4) is 0 Å². The Kier molecular flexibility index (Phi) is 2.48. The second kappa shape index (κ2) is 4.00. The molecule has 0 atom stereocenters. The summed E-state index contributed by atoms with van der Waals surface area (Å²) in [5.74, 6) is 1.67. The highest BCUT2D eigenvalue weighted by Gasteiger charge is 2.21. The van der Waals surface area contributed by atoms with Gasteiger partial charge in [0.25, 0.3) is 0 Å². The van der Waals surface area contributed by atoms with E-state index in [1.54, 1.807) is 0 Å². The van der Waals surface area contributed by atoms with Gasteiger partial charge in [-0.2, -0.15) is 0 Å². The SMILES string of the molecule is Cc1ccc(-c2cnc(C3CNC3)[nH]2)c(C)c1. The number of nitrogens with zero attached hydrogens (tertiary/aromatic N) is 1. The molecule has 0 aliphatic carbocycles. The van der Waals surface area contributed by atoms with Crippen LogP contribution in [0.5, 0.6) is 0 Å². The number of benzene rings is 1. The van der Waals surface area contributed by atoms with Crippen molar-refractivity contribution in [1.29, 1.82) is 0 Å². The number of aromatic amines is 1. The Morgan fingerprint density at radius 2 is 2.06 bits per heavy atom. The van der Waals surface area contributed by atoms with Crippen molar-refractivity contribution >= 4 is 0 Å². The zero-order chi connectivity index (χ0) is 11.8. The van der Waals surface area contributed by atoms with Gasteiger partial charge >= 0.3 is 0 Å². The van der Waals surface area contributed by atoms with Gasteiger partial charge in [0.05, 0.1) is 11.9 Å². The first-order valence-corrected chi connectivity index (χ1v) is 6.07. The van der Waals surface area contributed by atoms with E-state index in [9.17, 15) is 0 Å². The summed E-state index contributed by atoms with van der Waals surface area (Å²) in [6, 6.07) is 6.52. The molecule has 88 valence electrons. The van der Waals surface area contributed by atoms with Crippen LogP contribution in [-0.4, -0.2) is 23.1 Å². The van der Waals surface area contributed by atoms with Gasteiger partial charge in [-0.05, 0) is 19.4 Å². The smallest absolute Gasteiger partial charge is 0.112 e. The number of nitrogens with one attached hydrogen (secondary N) is 2. The monoisotopic (exact) mass is 227 g/mol. The first-order valence-electron chi connectivity index (χ1n) is 6.07. The van der Waals surface area contributed by atoms with Crippen molar-refractivity contribution in [3.8, 4) is 11.3 Å². The second-order valence-electron chi connectivity index (χ2n) is 4.86. The summed E-state index contributed by atoms with van der Waals surface area (Å²) < 4.78 is 0. The molecule has 3 rings (SSSR count). The first-order chi connectivity index (χ1) is 8.24. The lowest BCUT2D eigenvalue weighted by atomic mass is 10.0. The Hall–Kier alpha value is -1.61. The first kappa shape index (κ1) is 10.5. The van der Waals surface area contributed by atoms with E-state index in [-0.39, 0.29) is 0 Å². The van der Waals surface area contributed by atoms with E-state index < -0.39 is 0 Å². The van der Waals surface area contributed by atoms with Gasteiger partial charge in [-0.15, -0.1) is 0 Å². The van der Waals surface area contributed by atoms with Crippen LogP contribution >= 0.6 is 0 Å². The van der Waals surface area contributed by atoms with Crippen LogP contribution in [-0.2, 0) is 0 Å². The molecule has 1 aliphatic heterocycles. The third kappa shape index (κ3) is 1.87. The number of aryl methyl sites for hydroxylation is 2. The van der Waals surface area contributed by atoms with Crippen molar-refractivity contribution in [2.45, 2.75) is 19.8 Å². The third-order valence-electron chi connectivity index (χ3n) is 3.44. The zero-order valence-corrected chi connectivity index (χ0v) is 10.2. The molecule has 1 aromatic carbocycles. The van der Waals surface area contributed by atoms with Crippen LogP contribution in [0.15, 0.2) is 24.4 Å². The largest absolute Gasteiger partial charge is 0.342 e. The summed E-state index contributed by atoms with van der Waals surface area (Å²) in [4.78, 5) is 7.92. The number of imidazole rings is 1. The minimum Gasteiger partial charge on any atom is -0.342 e. The number of aromatic nitrogens is 2. The fraction of sp³-hybridized carbons (Fsp3) is 0.357. The predicted molar refractivity (Wildman–Crippen MR) is 69.1 cm³/mol. The Morgan fingerprint density at radius 1 is 1.24 bits per heavy atom. The molecule has 1 aromatic heterocycles. The molecule has 2 heterocycles. The normalized spacial score (nSPS) is 15.9. The molecule has 0 saturated carbocycles. The second-order valence-corrected chi connectivity index (χ2v) is 4.86. The zero-order valence-electron chi connectivity index (χ0n) is 10.2. The molecular formula is C14H17N3. The molecule has 3 nitrogen and oxygen atoms in total. The van der Waals surface area contributed by atoms with Gasteiger partial charge in [0, 0.05) is 24.6 Å². The average molecular weight is 227 g/mol. The molecule has 0 radical (unpaired) electrons. The lowest BCUT2D eigenvalue weighted by Crippen LogP contribution is -2.40. The van der Waals surface area contributed by atoms with E-state index in [1.165, 1.54) is 16.7 Å². The molecule has 0 amide bonds. The molecule has 1 fully saturated rings. The highest BCUT2D eigenvalue weighted by molar-refractivity contribution is 5.63. The molecule has 1 saturated heterocycles. The van der Waals surface area contributed by atoms with Crippen molar-refractivity contribution in [2.75, 3.05) is 13.1 Å². The topological polar surface area (TPSA) is 40.7 Å². The number of H-pyrrole nitrogens is 1. The summed E-state index contributed by atoms with van der Waals surface area (Å²) >= 11 is 0. The Labute approximate surface area is 101 Å². The van der Waals surface area contributed by atoms with Gasteiger partial charge in [0.2, 0.25) is 0 Å². The van der Waals surface area contributed by atoms with Crippen LogP contribution in [0.1, 0.15) is 22.9 Å². The van der Waals surface area contributed by atoms with Crippen molar-refractivity contribution in [3.63, 3.8) is 0 Å². The predicted octanol–water partition coefficient (Wildman–Crippen LogP) is 2.38. The van der Waals surface area contributed by atoms with Crippen molar-refractivity contribution < 1.29 is 0 Å². The Morgan fingerprint density at radius 3 is 2.71 bits per heavy atom. The van der Waals surface area contributed by atoms with Crippen molar-refractivity contribution in [1.82, 2.24) is 15.3 Å². The van der Waals surface area contributed by atoms with E-state index in [4.69, 9.17) is 0 Å². The van der Waals surface area contributed by atoms with E-state index in [0.717, 1.165) is 24.6 Å². The highest BCUT2D eigenvalue weighted by atomic mass is 15.0. The maximum Gasteiger partial charge on any atom is 0.112 e. The van der Waals surface area contributed by atoms with E-state index in [0.29, 0.717) is 5.92 Å². The minimum atomic E-state index is 0.564. The summed E-state index contributed by atoms with van der Waals surface area (Å²) in [7, 11) is 0. The third-order valence-corrected chi connectivity index (χ3v) is 3.44. The number of hydrogen-bond acceptors (Lipinski definition) is 2. The van der Waals surface area contributed by atoms with Gasteiger partial charge < -0.3 is 10.3 Å². The lowest BCUT2D eigenvalue weighted by Gasteiger charge is -2.24. The van der Waals surface area contributed by atoms with Gasteiger partial charge in [-0.3, -0.25) is 0 Å². The molecule has 1 aliphatic rings. The summed E-state index contributed by atoms with van der Waals surface area (Å²) in [6.45, 7) is 6.35. The van der Waals surface area contributed by atoms with Crippen LogP contribution in [0.4, 0.5) is 0 Å². The fourth-order valence-electron chi connectivity index (χ4n) is 2.28. The Bertz CT molecular complexity index is 538. The van der Waals surface area contributed by atoms with Crippen molar-refractivity contribution in [2.24, 2.45) is 0 Å². The van der Waals surface area contributed by atoms with Crippen LogP contribution in [0.25, 0.3) is 11.3 Å². The van der Waals surface area contributed by atoms with Crippen LogP contribution in [0, 0.1) is 13.8 Å². The fourth-order valence-corrected chi connectivity index (χ4v) is 2.28. The van der Waals surface area contributed by atoms with Crippen LogP contribution in [0.2, 0.25) is 0 Å². The highest BCUT2D eigenvalue weighted by Crippen LogP contribution is 2.25. The van der Waals surface area contributed by atoms with E-state index in [1.807, 2.05) is 6.20 Å². The Balaban J connectivity index is 1.94. The molecule has 3 heteroatoms. The average Bonchev–Trinajstić information content (AvgIpc) is 2.64. The van der Waals surface area contributed by atoms with E-state index in [2.05, 4.69) is 47.3 Å². The summed E-state index contributed by atoms with van der Waals surface area (Å²) in [6.07, 6.45) is 1.95. The standard InChI is InChI=1S/C14H17N3/c1-9-3-4-12(10(2)5-9)13-8-16-14(17-13)11-6-15-7-11/h3-5,8,11,15H,6-7H2,1-2H3,(H,16,17). The number of rotatable bonds is 2. The minimum absolute atomic E-state index is 0.564. The van der Waals surface area contributed by atoms with Gasteiger partial charge in [0.15, 0.2) is 0 Å². The van der Waals surface area contributed by atoms with Crippen molar-refractivity contribution in [3.05, 3.63) is 41.3 Å². The molecule has 2 N–H and O–H groups in total. The lowest BCUT2D eigenvalue weighted by molar-refractivity contribution is 0.433. The quantitative estimate of drug-likeness (QED) is 0.827. The number of hydrogen-bond donors (Lipinski definition) is 2. The molecular weight excluding hydrogens is 210 g/mol. The van der Waals surface area contributed by atoms with Gasteiger partial charge in [-0.1, -0.05) is 23.8 Å². The molecule has 2 aromatic rings. The summed E-state index contributed by atoms with van der Waals surface area (Å²) in [5, 5.41) is 3.27. The van der Waals surface area contributed by atoms with Gasteiger partial charge in [0.1, 0.15) is 5.82 Å². The van der Waals surface area contributed by atoms with Crippen LogP contribution < -0.4 is 5.32 Å². The molecule has 17 heavy (non-hydrogen) atoms. The maximum atomic E-state index is 4.48. The van der Waals surface area contributed by atoms with Gasteiger partial charge in [-0.25, -0.2) is 4.98 Å². The summed E-state index contributed by atoms with van der Waals surface area (Å²) in [5.41, 5.74) is 4.98. The van der Waals surface area contributed by atoms with E-state index >= 15 is 0 Å². The maximum absolute atomic E-state index is 4.48. The molecule has 0 unspecified atom stereocenters.